The largest absolute Gasteiger partial charge is 0.350 e. The molecule has 1 aliphatic rings. The van der Waals surface area contributed by atoms with E-state index in [4.69, 9.17) is 0 Å². The number of piperidine rings is 1. The number of hydrogen-bond acceptors (Lipinski definition) is 3. The van der Waals surface area contributed by atoms with E-state index in [1.807, 2.05) is 43.3 Å². The van der Waals surface area contributed by atoms with Gasteiger partial charge in [0.15, 0.2) is 0 Å². The predicted molar refractivity (Wildman–Crippen MR) is 100 cm³/mol. The minimum absolute atomic E-state index is 0.0624. The first-order chi connectivity index (χ1) is 11.9. The maximum Gasteiger partial charge on any atom is 0.280 e. The monoisotopic (exact) mass is 409 g/mol. The van der Waals surface area contributed by atoms with Gasteiger partial charge in [-0.1, -0.05) is 36.4 Å². The standard InChI is InChI=1S/C19H22BrF2N3/c1-14(15-7-4-3-5-8-15)24(2)16-11-12-25(13-19(16,21)22)18-10-6-9-17(20)23-18/h3-10,14,16H,11-13H2,1-2H3/t14?,16-/m1/s1. The average Bonchev–Trinajstić information content (AvgIpc) is 2.60. The lowest BCUT2D eigenvalue weighted by atomic mass is 9.96. The number of hydrogen-bond donors (Lipinski definition) is 0. The molecule has 3 nitrogen and oxygen atoms in total. The molecule has 2 aromatic rings. The van der Waals surface area contributed by atoms with E-state index in [-0.39, 0.29) is 12.6 Å². The summed E-state index contributed by atoms with van der Waals surface area (Å²) < 4.78 is 30.5. The van der Waals surface area contributed by atoms with Crippen LogP contribution in [0.15, 0.2) is 53.1 Å². The van der Waals surface area contributed by atoms with Crippen molar-refractivity contribution in [3.8, 4) is 0 Å². The molecule has 1 aliphatic heterocycles. The van der Waals surface area contributed by atoms with Crippen LogP contribution in [0.4, 0.5) is 14.6 Å². The van der Waals surface area contributed by atoms with Crippen LogP contribution < -0.4 is 4.90 Å². The summed E-state index contributed by atoms with van der Waals surface area (Å²) in [5.41, 5.74) is 1.05. The lowest BCUT2D eigenvalue weighted by Gasteiger charge is -2.44. The summed E-state index contributed by atoms with van der Waals surface area (Å²) in [4.78, 5) is 7.79. The topological polar surface area (TPSA) is 19.4 Å². The zero-order valence-corrected chi connectivity index (χ0v) is 16.0. The molecule has 3 rings (SSSR count). The minimum Gasteiger partial charge on any atom is -0.350 e. The van der Waals surface area contributed by atoms with Crippen LogP contribution in [0.1, 0.15) is 24.9 Å². The Kier molecular flexibility index (Phi) is 5.39. The second kappa shape index (κ2) is 7.38. The molecule has 2 atom stereocenters. The Hall–Kier alpha value is -1.53. The molecule has 134 valence electrons. The van der Waals surface area contributed by atoms with Crippen molar-refractivity contribution in [2.75, 3.05) is 25.0 Å². The summed E-state index contributed by atoms with van der Waals surface area (Å²) >= 11 is 3.30. The zero-order chi connectivity index (χ0) is 18.0. The molecule has 0 saturated carbocycles. The van der Waals surface area contributed by atoms with Crippen molar-refractivity contribution in [1.29, 1.82) is 0 Å². The van der Waals surface area contributed by atoms with Crippen molar-refractivity contribution < 1.29 is 8.78 Å². The molecular weight excluding hydrogens is 388 g/mol. The summed E-state index contributed by atoms with van der Waals surface area (Å²) in [5.74, 6) is -2.22. The van der Waals surface area contributed by atoms with Gasteiger partial charge in [-0.15, -0.1) is 0 Å². The summed E-state index contributed by atoms with van der Waals surface area (Å²) in [5, 5.41) is 0. The number of aromatic nitrogens is 1. The van der Waals surface area contributed by atoms with Crippen LogP contribution in [0, 0.1) is 0 Å². The van der Waals surface area contributed by atoms with Crippen molar-refractivity contribution in [2.45, 2.75) is 31.4 Å². The molecule has 2 heterocycles. The highest BCUT2D eigenvalue weighted by molar-refractivity contribution is 9.10. The average molecular weight is 410 g/mol. The van der Waals surface area contributed by atoms with Gasteiger partial charge in [-0.25, -0.2) is 13.8 Å². The molecule has 0 N–H and O–H groups in total. The number of alkyl halides is 2. The van der Waals surface area contributed by atoms with E-state index in [1.165, 1.54) is 0 Å². The summed E-state index contributed by atoms with van der Waals surface area (Å²) in [6, 6.07) is 14.3. The van der Waals surface area contributed by atoms with E-state index in [2.05, 4.69) is 20.9 Å². The highest BCUT2D eigenvalue weighted by Gasteiger charge is 2.47. The minimum atomic E-state index is -2.81. The van der Waals surface area contributed by atoms with Gasteiger partial charge < -0.3 is 4.90 Å². The Bertz CT molecular complexity index is 711. The van der Waals surface area contributed by atoms with Gasteiger partial charge in [-0.2, -0.15) is 0 Å². The quantitative estimate of drug-likeness (QED) is 0.679. The van der Waals surface area contributed by atoms with Crippen molar-refractivity contribution >= 4 is 21.7 Å². The third kappa shape index (κ3) is 4.01. The molecule has 1 aromatic heterocycles. The van der Waals surface area contributed by atoms with Gasteiger partial charge in [0.2, 0.25) is 0 Å². The maximum atomic E-state index is 14.9. The van der Waals surface area contributed by atoms with Gasteiger partial charge >= 0.3 is 0 Å². The van der Waals surface area contributed by atoms with Gasteiger partial charge in [0.1, 0.15) is 10.4 Å². The van der Waals surface area contributed by atoms with Crippen LogP contribution >= 0.6 is 15.9 Å². The molecule has 6 heteroatoms. The fourth-order valence-corrected chi connectivity index (χ4v) is 3.77. The fourth-order valence-electron chi connectivity index (χ4n) is 3.44. The Morgan fingerprint density at radius 3 is 2.56 bits per heavy atom. The third-order valence-electron chi connectivity index (χ3n) is 4.97. The summed E-state index contributed by atoms with van der Waals surface area (Å²) in [6.07, 6.45) is 0.398. The molecule has 0 aliphatic carbocycles. The van der Waals surface area contributed by atoms with Crippen LogP contribution in [0.2, 0.25) is 0 Å². The Morgan fingerprint density at radius 1 is 1.20 bits per heavy atom. The number of rotatable bonds is 4. The Labute approximate surface area is 155 Å². The zero-order valence-electron chi connectivity index (χ0n) is 14.4. The van der Waals surface area contributed by atoms with E-state index < -0.39 is 12.0 Å². The van der Waals surface area contributed by atoms with Gasteiger partial charge in [-0.3, -0.25) is 4.90 Å². The molecule has 0 radical (unpaired) electrons. The van der Waals surface area contributed by atoms with Crippen molar-refractivity contribution in [2.24, 2.45) is 0 Å². The highest BCUT2D eigenvalue weighted by atomic mass is 79.9. The number of anilines is 1. The van der Waals surface area contributed by atoms with Crippen molar-refractivity contribution in [1.82, 2.24) is 9.88 Å². The van der Waals surface area contributed by atoms with Crippen molar-refractivity contribution in [3.05, 3.63) is 58.7 Å². The lowest BCUT2D eigenvalue weighted by molar-refractivity contribution is -0.0907. The molecule has 1 fully saturated rings. The second-order valence-corrected chi connectivity index (χ2v) is 7.37. The van der Waals surface area contributed by atoms with Gasteiger partial charge in [-0.05, 0) is 54.0 Å². The molecule has 1 unspecified atom stereocenters. The fraction of sp³-hybridized carbons (Fsp3) is 0.421. The van der Waals surface area contributed by atoms with Gasteiger partial charge in [0.25, 0.3) is 5.92 Å². The van der Waals surface area contributed by atoms with Crippen LogP contribution in [-0.2, 0) is 0 Å². The van der Waals surface area contributed by atoms with E-state index in [9.17, 15) is 8.78 Å². The van der Waals surface area contributed by atoms with Crippen LogP contribution in [0.25, 0.3) is 0 Å². The molecule has 0 bridgehead atoms. The predicted octanol–water partition coefficient (Wildman–Crippen LogP) is 4.75. The normalized spacial score (nSPS) is 21.4. The molecular formula is C19H22BrF2N3. The van der Waals surface area contributed by atoms with E-state index in [1.54, 1.807) is 29.0 Å². The third-order valence-corrected chi connectivity index (χ3v) is 5.41. The molecule has 0 amide bonds. The number of halogens is 3. The van der Waals surface area contributed by atoms with E-state index in [0.29, 0.717) is 23.4 Å². The number of benzene rings is 1. The SMILES string of the molecule is CC(c1ccccc1)N(C)[C@@H]1CCN(c2cccc(Br)n2)CC1(F)F. The first-order valence-electron chi connectivity index (χ1n) is 8.41. The number of nitrogens with zero attached hydrogens (tertiary/aromatic N) is 3. The van der Waals surface area contributed by atoms with Crippen LogP contribution in [-0.4, -0.2) is 42.0 Å². The Morgan fingerprint density at radius 2 is 1.92 bits per heavy atom. The first kappa shape index (κ1) is 18.3. The molecule has 1 saturated heterocycles. The van der Waals surface area contributed by atoms with Crippen LogP contribution in [0.5, 0.6) is 0 Å². The first-order valence-corrected chi connectivity index (χ1v) is 9.20. The second-order valence-electron chi connectivity index (χ2n) is 6.56. The Balaban J connectivity index is 1.74. The van der Waals surface area contributed by atoms with Gasteiger partial charge in [0.05, 0.1) is 12.6 Å². The molecule has 0 spiro atoms. The smallest absolute Gasteiger partial charge is 0.280 e. The maximum absolute atomic E-state index is 14.9. The van der Waals surface area contributed by atoms with Crippen LogP contribution in [0.3, 0.4) is 0 Å². The summed E-state index contributed by atoms with van der Waals surface area (Å²) in [6.45, 7) is 2.23. The summed E-state index contributed by atoms with van der Waals surface area (Å²) in [7, 11) is 1.79. The number of pyridine rings is 1. The molecule has 1 aromatic carbocycles. The van der Waals surface area contributed by atoms with Crippen molar-refractivity contribution in [3.63, 3.8) is 0 Å². The van der Waals surface area contributed by atoms with Gasteiger partial charge in [0, 0.05) is 12.6 Å². The van der Waals surface area contributed by atoms with E-state index >= 15 is 0 Å². The molecule has 25 heavy (non-hydrogen) atoms. The van der Waals surface area contributed by atoms with E-state index in [0.717, 1.165) is 5.56 Å². The highest BCUT2D eigenvalue weighted by Crippen LogP contribution is 2.36. The lowest BCUT2D eigenvalue weighted by Crippen LogP contribution is -2.58.